The number of hydrogen-bond acceptors (Lipinski definition) is 3. The lowest BCUT2D eigenvalue weighted by Crippen LogP contribution is -2.41. The van der Waals surface area contributed by atoms with Crippen molar-refractivity contribution in [2.24, 2.45) is 17.8 Å². The Balaban J connectivity index is 1.96. The highest BCUT2D eigenvalue weighted by Gasteiger charge is 2.54. The molecule has 1 saturated carbocycles. The third-order valence-corrected chi connectivity index (χ3v) is 6.91. The van der Waals surface area contributed by atoms with E-state index in [1.165, 1.54) is 5.57 Å². The number of allylic oxidation sites excluding steroid dienone is 1. The van der Waals surface area contributed by atoms with Crippen LogP contribution in [0.25, 0.3) is 0 Å². The Labute approximate surface area is 141 Å². The Bertz CT molecular complexity index is 491. The number of aliphatic hydroxyl groups is 2. The maximum atomic E-state index is 11.1. The molecule has 3 rings (SSSR count). The van der Waals surface area contributed by atoms with Gasteiger partial charge in [-0.2, -0.15) is 0 Å². The zero-order valence-electron chi connectivity index (χ0n) is 15.4. The molecule has 23 heavy (non-hydrogen) atoms. The van der Waals surface area contributed by atoms with Gasteiger partial charge in [-0.05, 0) is 71.1 Å². The van der Waals surface area contributed by atoms with Crippen molar-refractivity contribution in [2.75, 3.05) is 0 Å². The van der Waals surface area contributed by atoms with Crippen LogP contribution >= 0.6 is 0 Å². The topological polar surface area (TPSA) is 53.0 Å². The molecule has 2 N–H and O–H groups in total. The molecule has 0 spiro atoms. The Morgan fingerprint density at radius 1 is 1.04 bits per heavy atom. The highest BCUT2D eigenvalue weighted by molar-refractivity contribution is 5.18. The second-order valence-electron chi connectivity index (χ2n) is 9.24. The van der Waals surface area contributed by atoms with Crippen molar-refractivity contribution in [3.63, 3.8) is 0 Å². The smallest absolute Gasteiger partial charge is 0.0923 e. The van der Waals surface area contributed by atoms with Gasteiger partial charge in [0.25, 0.3) is 0 Å². The van der Waals surface area contributed by atoms with Crippen molar-refractivity contribution in [3.8, 4) is 0 Å². The summed E-state index contributed by atoms with van der Waals surface area (Å²) in [4.78, 5) is 0. The van der Waals surface area contributed by atoms with E-state index in [1.807, 2.05) is 13.8 Å². The van der Waals surface area contributed by atoms with E-state index in [4.69, 9.17) is 4.74 Å². The standard InChI is InChI=1S/C20H34O3/c1-13(2)14-6-11-20(5)17(23-20)8-10-18(3,21)15-7-9-19(4,22)16(15)12-14/h12-13,15-17,21-22H,6-11H2,1-5H3/b14-12-/t15-,16+,17-,18-,19+,20-/m1/s1. The van der Waals surface area contributed by atoms with Crippen LogP contribution in [0.2, 0.25) is 0 Å². The minimum atomic E-state index is -0.735. The average Bonchev–Trinajstić information content (AvgIpc) is 2.97. The van der Waals surface area contributed by atoms with Gasteiger partial charge >= 0.3 is 0 Å². The van der Waals surface area contributed by atoms with E-state index < -0.39 is 11.2 Å². The summed E-state index contributed by atoms with van der Waals surface area (Å²) in [6.45, 7) is 10.6. The molecular weight excluding hydrogens is 288 g/mol. The fourth-order valence-corrected chi connectivity index (χ4v) is 4.89. The Hall–Kier alpha value is -0.380. The second-order valence-corrected chi connectivity index (χ2v) is 9.24. The van der Waals surface area contributed by atoms with Gasteiger partial charge in [0.05, 0.1) is 22.9 Å². The maximum Gasteiger partial charge on any atom is 0.0923 e. The summed E-state index contributed by atoms with van der Waals surface area (Å²) in [6, 6.07) is 0. The van der Waals surface area contributed by atoms with E-state index in [0.29, 0.717) is 12.0 Å². The number of ether oxygens (including phenoxy) is 1. The maximum absolute atomic E-state index is 11.1. The van der Waals surface area contributed by atoms with Crippen LogP contribution in [0.5, 0.6) is 0 Å². The number of fused-ring (bicyclic) bond motifs is 2. The minimum Gasteiger partial charge on any atom is -0.390 e. The number of rotatable bonds is 1. The predicted molar refractivity (Wildman–Crippen MR) is 92.1 cm³/mol. The largest absolute Gasteiger partial charge is 0.390 e. The fourth-order valence-electron chi connectivity index (χ4n) is 4.89. The van der Waals surface area contributed by atoms with Crippen molar-refractivity contribution in [1.29, 1.82) is 0 Å². The van der Waals surface area contributed by atoms with Gasteiger partial charge in [0.15, 0.2) is 0 Å². The van der Waals surface area contributed by atoms with Crippen molar-refractivity contribution < 1.29 is 14.9 Å². The SMILES string of the molecule is CC(C)/C1=C\[C@H]2[C@@H](CC[C@]2(C)O)[C@](C)(O)CC[C@H]2O[C@]2(C)CC1. The molecule has 3 aliphatic rings. The lowest BCUT2D eigenvalue weighted by molar-refractivity contribution is -0.0478. The van der Waals surface area contributed by atoms with Gasteiger partial charge in [-0.1, -0.05) is 25.5 Å². The summed E-state index contributed by atoms with van der Waals surface area (Å²) < 4.78 is 5.96. The van der Waals surface area contributed by atoms with E-state index in [2.05, 4.69) is 26.8 Å². The molecule has 0 bridgehead atoms. The first kappa shape index (κ1) is 17.4. The van der Waals surface area contributed by atoms with Crippen LogP contribution in [-0.2, 0) is 4.74 Å². The molecule has 0 aromatic carbocycles. The van der Waals surface area contributed by atoms with E-state index in [0.717, 1.165) is 38.5 Å². The molecule has 1 aliphatic heterocycles. The van der Waals surface area contributed by atoms with E-state index in [-0.39, 0.29) is 17.4 Å². The molecule has 2 fully saturated rings. The Morgan fingerprint density at radius 2 is 1.70 bits per heavy atom. The van der Waals surface area contributed by atoms with Crippen molar-refractivity contribution >= 4 is 0 Å². The first-order valence-corrected chi connectivity index (χ1v) is 9.38. The summed E-state index contributed by atoms with van der Waals surface area (Å²) in [5.74, 6) is 0.658. The van der Waals surface area contributed by atoms with E-state index in [1.54, 1.807) is 0 Å². The van der Waals surface area contributed by atoms with Crippen molar-refractivity contribution in [3.05, 3.63) is 11.6 Å². The molecule has 0 unspecified atom stereocenters. The van der Waals surface area contributed by atoms with Gasteiger partial charge < -0.3 is 14.9 Å². The van der Waals surface area contributed by atoms with Crippen LogP contribution in [0.1, 0.15) is 73.1 Å². The molecule has 0 amide bonds. The molecule has 132 valence electrons. The molecule has 6 atom stereocenters. The summed E-state index contributed by atoms with van der Waals surface area (Å²) in [5, 5.41) is 22.0. The minimum absolute atomic E-state index is 0.00791. The van der Waals surface area contributed by atoms with Gasteiger partial charge in [-0.3, -0.25) is 0 Å². The highest BCUT2D eigenvalue weighted by atomic mass is 16.6. The molecule has 0 radical (unpaired) electrons. The van der Waals surface area contributed by atoms with Crippen molar-refractivity contribution in [1.82, 2.24) is 0 Å². The first-order valence-electron chi connectivity index (χ1n) is 9.38. The molecule has 3 heteroatoms. The summed E-state index contributed by atoms with van der Waals surface area (Å²) in [5.41, 5.74) is -0.0329. The number of epoxide rings is 1. The predicted octanol–water partition coefficient (Wildman–Crippen LogP) is 3.83. The van der Waals surface area contributed by atoms with E-state index >= 15 is 0 Å². The third kappa shape index (κ3) is 3.25. The molecule has 1 saturated heterocycles. The lowest BCUT2D eigenvalue weighted by atomic mass is 9.74. The molecule has 0 aromatic rings. The average molecular weight is 322 g/mol. The monoisotopic (exact) mass is 322 g/mol. The van der Waals surface area contributed by atoms with Crippen LogP contribution in [0.4, 0.5) is 0 Å². The van der Waals surface area contributed by atoms with Crippen LogP contribution in [0.3, 0.4) is 0 Å². The summed E-state index contributed by atoms with van der Waals surface area (Å²) >= 11 is 0. The molecule has 3 nitrogen and oxygen atoms in total. The fraction of sp³-hybridized carbons (Fsp3) is 0.900. The normalized spacial score (nSPS) is 53.0. The molecule has 1 heterocycles. The lowest BCUT2D eigenvalue weighted by Gasteiger charge is -2.37. The molecule has 2 aliphatic carbocycles. The Morgan fingerprint density at radius 3 is 2.35 bits per heavy atom. The van der Waals surface area contributed by atoms with Gasteiger partial charge in [-0.25, -0.2) is 0 Å². The summed E-state index contributed by atoms with van der Waals surface area (Å²) in [6.07, 6.45) is 8.04. The van der Waals surface area contributed by atoms with Crippen LogP contribution < -0.4 is 0 Å². The molecular formula is C20H34O3. The van der Waals surface area contributed by atoms with Gasteiger partial charge in [0.2, 0.25) is 0 Å². The first-order chi connectivity index (χ1) is 10.6. The quantitative estimate of drug-likeness (QED) is 0.570. The number of hydrogen-bond donors (Lipinski definition) is 2. The van der Waals surface area contributed by atoms with Crippen molar-refractivity contribution in [2.45, 2.75) is 96.1 Å². The zero-order chi connectivity index (χ0) is 17.0. The van der Waals surface area contributed by atoms with E-state index in [9.17, 15) is 10.2 Å². The second kappa shape index (κ2) is 5.57. The highest BCUT2D eigenvalue weighted by Crippen LogP contribution is 2.51. The van der Waals surface area contributed by atoms with Gasteiger partial charge in [-0.15, -0.1) is 0 Å². The van der Waals surface area contributed by atoms with Gasteiger partial charge in [0.1, 0.15) is 0 Å². The van der Waals surface area contributed by atoms with Crippen LogP contribution in [-0.4, -0.2) is 33.1 Å². The Kier molecular flexibility index (Phi) is 4.23. The van der Waals surface area contributed by atoms with Gasteiger partial charge in [0, 0.05) is 5.92 Å². The summed E-state index contributed by atoms with van der Waals surface area (Å²) in [7, 11) is 0. The molecule has 0 aromatic heterocycles. The zero-order valence-corrected chi connectivity index (χ0v) is 15.4. The van der Waals surface area contributed by atoms with Crippen LogP contribution in [0.15, 0.2) is 11.6 Å². The van der Waals surface area contributed by atoms with Crippen LogP contribution in [0, 0.1) is 17.8 Å². The third-order valence-electron chi connectivity index (χ3n) is 6.91.